The van der Waals surface area contributed by atoms with Crippen molar-refractivity contribution in [1.82, 2.24) is 14.4 Å². The van der Waals surface area contributed by atoms with E-state index in [1.165, 1.54) is 7.11 Å². The lowest BCUT2D eigenvalue weighted by atomic mass is 10.4. The molecular formula is C9H5BrF3N3O2. The molecule has 2 heterocycles. The molecule has 0 aliphatic rings. The maximum Gasteiger partial charge on any atom is 0.434 e. The molecule has 0 saturated carbocycles. The topological polar surface area (TPSA) is 56.5 Å². The highest BCUT2D eigenvalue weighted by Crippen LogP contribution is 2.31. The fourth-order valence-electron chi connectivity index (χ4n) is 1.30. The summed E-state index contributed by atoms with van der Waals surface area (Å²) in [6.45, 7) is 0. The number of ether oxygens (including phenoxy) is 1. The molecule has 0 unspecified atom stereocenters. The third-order valence-electron chi connectivity index (χ3n) is 2.11. The lowest BCUT2D eigenvalue weighted by molar-refractivity contribution is -0.141. The number of methoxy groups -OCH3 is 1. The zero-order valence-electron chi connectivity index (χ0n) is 8.82. The molecule has 0 atom stereocenters. The Morgan fingerprint density at radius 1 is 1.44 bits per heavy atom. The van der Waals surface area contributed by atoms with Gasteiger partial charge in [0, 0.05) is 0 Å². The first-order chi connectivity index (χ1) is 8.34. The molecule has 0 radical (unpaired) electrons. The van der Waals surface area contributed by atoms with Crippen LogP contribution in [0.1, 0.15) is 5.69 Å². The van der Waals surface area contributed by atoms with Gasteiger partial charge in [0.2, 0.25) is 5.88 Å². The van der Waals surface area contributed by atoms with Gasteiger partial charge in [-0.1, -0.05) is 0 Å². The smallest absolute Gasteiger partial charge is 0.434 e. The number of hydrogen-bond acceptors (Lipinski definition) is 4. The van der Waals surface area contributed by atoms with Crippen LogP contribution in [0.5, 0.6) is 5.88 Å². The lowest BCUT2D eigenvalue weighted by Gasteiger charge is -2.09. The molecule has 18 heavy (non-hydrogen) atoms. The molecule has 0 fully saturated rings. The minimum atomic E-state index is -4.72. The molecular weight excluding hydrogens is 319 g/mol. The largest absolute Gasteiger partial charge is 0.480 e. The van der Waals surface area contributed by atoms with E-state index < -0.39 is 21.9 Å². The predicted octanol–water partition coefficient (Wildman–Crippen LogP) is 1.88. The van der Waals surface area contributed by atoms with Gasteiger partial charge in [-0.05, 0) is 15.9 Å². The zero-order valence-corrected chi connectivity index (χ0v) is 10.4. The van der Waals surface area contributed by atoms with Gasteiger partial charge in [0.05, 0.1) is 19.5 Å². The third kappa shape index (κ3) is 2.05. The van der Waals surface area contributed by atoms with Gasteiger partial charge in [-0.25, -0.2) is 9.97 Å². The number of halogens is 4. The first-order valence-corrected chi connectivity index (χ1v) is 5.33. The van der Waals surface area contributed by atoms with Crippen LogP contribution in [-0.4, -0.2) is 21.5 Å². The van der Waals surface area contributed by atoms with E-state index in [0.717, 1.165) is 16.8 Å². The number of hydrogen-bond donors (Lipinski definition) is 0. The van der Waals surface area contributed by atoms with Crippen molar-refractivity contribution in [3.05, 3.63) is 32.9 Å². The molecule has 0 N–H and O–H groups in total. The van der Waals surface area contributed by atoms with E-state index in [1.54, 1.807) is 0 Å². The molecule has 0 bridgehead atoms. The van der Waals surface area contributed by atoms with Crippen molar-refractivity contribution in [2.24, 2.45) is 0 Å². The second-order valence-electron chi connectivity index (χ2n) is 3.24. The quantitative estimate of drug-likeness (QED) is 0.804. The van der Waals surface area contributed by atoms with E-state index in [-0.39, 0.29) is 11.5 Å². The first-order valence-electron chi connectivity index (χ1n) is 4.53. The third-order valence-corrected chi connectivity index (χ3v) is 2.83. The number of fused-ring (bicyclic) bond motifs is 1. The Labute approximate surface area is 106 Å². The number of rotatable bonds is 1. The Bertz CT molecular complexity index is 668. The highest BCUT2D eigenvalue weighted by atomic mass is 79.9. The van der Waals surface area contributed by atoms with Crippen LogP contribution in [0.2, 0.25) is 0 Å². The normalized spacial score (nSPS) is 11.8. The molecule has 0 aliphatic heterocycles. The standard InChI is InChI=1S/C9H5BrF3N3O2/c1-18-5-3-16-4(2-14-5)15-7(9(11,12)13)6(10)8(16)17/h2-3H,1H3. The first kappa shape index (κ1) is 12.8. The second kappa shape index (κ2) is 4.23. The molecule has 0 spiro atoms. The summed E-state index contributed by atoms with van der Waals surface area (Å²) >= 11 is 2.61. The van der Waals surface area contributed by atoms with Crippen molar-refractivity contribution >= 4 is 21.6 Å². The average Bonchev–Trinajstić information content (AvgIpc) is 2.32. The highest BCUT2D eigenvalue weighted by molar-refractivity contribution is 9.10. The van der Waals surface area contributed by atoms with E-state index in [4.69, 9.17) is 4.74 Å². The summed E-state index contributed by atoms with van der Waals surface area (Å²) < 4.78 is 42.9. The molecule has 0 aliphatic carbocycles. The Balaban J connectivity index is 2.83. The molecule has 2 rings (SSSR count). The van der Waals surface area contributed by atoms with E-state index in [0.29, 0.717) is 0 Å². The summed E-state index contributed by atoms with van der Waals surface area (Å²) in [5.74, 6) is 0.0954. The molecule has 9 heteroatoms. The van der Waals surface area contributed by atoms with Crippen LogP contribution in [0.3, 0.4) is 0 Å². The van der Waals surface area contributed by atoms with Crippen LogP contribution in [0.15, 0.2) is 21.7 Å². The summed E-state index contributed by atoms with van der Waals surface area (Å²) in [5, 5.41) is 0. The minimum Gasteiger partial charge on any atom is -0.480 e. The predicted molar refractivity (Wildman–Crippen MR) is 58.5 cm³/mol. The fourth-order valence-corrected chi connectivity index (χ4v) is 1.81. The molecule has 2 aromatic rings. The Morgan fingerprint density at radius 3 is 2.67 bits per heavy atom. The van der Waals surface area contributed by atoms with Crippen LogP contribution in [0.4, 0.5) is 13.2 Å². The monoisotopic (exact) mass is 323 g/mol. The highest BCUT2D eigenvalue weighted by Gasteiger charge is 2.36. The van der Waals surface area contributed by atoms with Gasteiger partial charge < -0.3 is 4.74 Å². The van der Waals surface area contributed by atoms with E-state index in [2.05, 4.69) is 25.9 Å². The van der Waals surface area contributed by atoms with Crippen molar-refractivity contribution in [2.75, 3.05) is 7.11 Å². The van der Waals surface area contributed by atoms with Crippen molar-refractivity contribution in [3.63, 3.8) is 0 Å². The van der Waals surface area contributed by atoms with E-state index in [1.807, 2.05) is 0 Å². The average molecular weight is 324 g/mol. The summed E-state index contributed by atoms with van der Waals surface area (Å²) in [5.41, 5.74) is -2.37. The van der Waals surface area contributed by atoms with E-state index in [9.17, 15) is 18.0 Å². The number of alkyl halides is 3. The van der Waals surface area contributed by atoms with Crippen molar-refractivity contribution in [2.45, 2.75) is 6.18 Å². The molecule has 0 aromatic carbocycles. The Kier molecular flexibility index (Phi) is 3.01. The van der Waals surface area contributed by atoms with Gasteiger partial charge in [-0.2, -0.15) is 13.2 Å². The summed E-state index contributed by atoms with van der Waals surface area (Å²) in [4.78, 5) is 18.8. The maximum atomic E-state index is 12.6. The number of aromatic nitrogens is 3. The minimum absolute atomic E-state index is 0.0954. The summed E-state index contributed by atoms with van der Waals surface area (Å²) in [6.07, 6.45) is -2.52. The molecule has 5 nitrogen and oxygen atoms in total. The van der Waals surface area contributed by atoms with Gasteiger partial charge in [0.1, 0.15) is 4.47 Å². The molecule has 0 amide bonds. The van der Waals surface area contributed by atoms with Crippen LogP contribution < -0.4 is 10.3 Å². The number of nitrogens with zero attached hydrogens (tertiary/aromatic N) is 3. The van der Waals surface area contributed by atoms with Crippen molar-refractivity contribution < 1.29 is 17.9 Å². The maximum absolute atomic E-state index is 12.6. The van der Waals surface area contributed by atoms with Gasteiger partial charge in [0.25, 0.3) is 5.56 Å². The fraction of sp³-hybridized carbons (Fsp3) is 0.222. The summed E-state index contributed by atoms with van der Waals surface area (Å²) in [7, 11) is 1.33. The van der Waals surface area contributed by atoms with Gasteiger partial charge in [-0.15, -0.1) is 0 Å². The van der Waals surface area contributed by atoms with E-state index >= 15 is 0 Å². The van der Waals surface area contributed by atoms with Crippen molar-refractivity contribution in [3.8, 4) is 5.88 Å². The van der Waals surface area contributed by atoms with Gasteiger partial charge in [0.15, 0.2) is 11.3 Å². The van der Waals surface area contributed by atoms with Crippen LogP contribution in [-0.2, 0) is 6.18 Å². The summed E-state index contributed by atoms with van der Waals surface area (Å²) in [6, 6.07) is 0. The SMILES string of the molecule is COc1cn2c(=O)c(Br)c(C(F)(F)F)nc2cn1. The molecule has 96 valence electrons. The van der Waals surface area contributed by atoms with Crippen LogP contribution >= 0.6 is 15.9 Å². The Hall–Kier alpha value is -1.64. The lowest BCUT2D eigenvalue weighted by Crippen LogP contribution is -2.22. The molecule has 0 saturated heterocycles. The zero-order chi connectivity index (χ0) is 13.5. The van der Waals surface area contributed by atoms with Gasteiger partial charge in [-0.3, -0.25) is 9.20 Å². The Morgan fingerprint density at radius 2 is 2.11 bits per heavy atom. The molecule has 2 aromatic heterocycles. The van der Waals surface area contributed by atoms with Crippen LogP contribution in [0, 0.1) is 0 Å². The second-order valence-corrected chi connectivity index (χ2v) is 4.03. The van der Waals surface area contributed by atoms with Crippen molar-refractivity contribution in [1.29, 1.82) is 0 Å². The van der Waals surface area contributed by atoms with Gasteiger partial charge >= 0.3 is 6.18 Å². The van der Waals surface area contributed by atoms with Crippen LogP contribution in [0.25, 0.3) is 5.65 Å².